The van der Waals surface area contributed by atoms with Crippen molar-refractivity contribution in [1.29, 1.82) is 0 Å². The predicted octanol–water partition coefficient (Wildman–Crippen LogP) is -0.187. The van der Waals surface area contributed by atoms with E-state index in [1.807, 2.05) is 0 Å². The molecule has 0 spiro atoms. The van der Waals surface area contributed by atoms with Crippen LogP contribution in [0.25, 0.3) is 0 Å². The van der Waals surface area contributed by atoms with Crippen molar-refractivity contribution in [3.63, 3.8) is 0 Å². The summed E-state index contributed by atoms with van der Waals surface area (Å²) in [5.74, 6) is -2.21. The molecule has 16 nitrogen and oxygen atoms in total. The molecule has 3 atom stereocenters. The largest absolute Gasteiger partial charge is 0.427 e. The molecule has 4 heterocycles. The van der Waals surface area contributed by atoms with Crippen LogP contribution in [0.2, 0.25) is 0 Å². The molecule has 0 radical (unpaired) electrons. The van der Waals surface area contributed by atoms with Crippen molar-refractivity contribution in [3.8, 4) is 0 Å². The van der Waals surface area contributed by atoms with Gasteiger partial charge < -0.3 is 30.3 Å². The van der Waals surface area contributed by atoms with Crippen LogP contribution in [0.1, 0.15) is 32.3 Å². The summed E-state index contributed by atoms with van der Waals surface area (Å²) in [4.78, 5) is 63.0. The Kier molecular flexibility index (Phi) is 8.38. The Morgan fingerprint density at radius 2 is 2.00 bits per heavy atom. The minimum absolute atomic E-state index is 0.0405. The zero-order valence-corrected chi connectivity index (χ0v) is 23.8. The first-order valence-electron chi connectivity index (χ1n) is 11.8. The van der Waals surface area contributed by atoms with Crippen LogP contribution in [-0.4, -0.2) is 90.9 Å². The van der Waals surface area contributed by atoms with E-state index in [9.17, 15) is 19.2 Å². The number of fused-ring (bicyclic) bond motifs is 1. The van der Waals surface area contributed by atoms with Crippen molar-refractivity contribution in [1.82, 2.24) is 35.4 Å². The fraction of sp³-hybridized carbons (Fsp3) is 0.500. The highest BCUT2D eigenvalue weighted by Crippen LogP contribution is 2.40. The molecule has 2 aromatic heterocycles. The first kappa shape index (κ1) is 28.9. The number of aryl methyl sites for hydroxylation is 1. The van der Waals surface area contributed by atoms with Crippen LogP contribution in [0.4, 0.5) is 5.13 Å². The molecule has 2 aromatic rings. The molecule has 2 aliphatic heterocycles. The third kappa shape index (κ3) is 6.06. The number of β-lactam (4-membered cyclic amide) rings is 1. The van der Waals surface area contributed by atoms with E-state index in [0.717, 1.165) is 11.3 Å². The number of esters is 2. The van der Waals surface area contributed by atoms with Crippen molar-refractivity contribution in [2.45, 2.75) is 51.7 Å². The maximum absolute atomic E-state index is 13.3. The van der Waals surface area contributed by atoms with Crippen LogP contribution in [-0.2, 0) is 40.0 Å². The lowest BCUT2D eigenvalue weighted by atomic mass is 9.97. The average molecular weight is 594 g/mol. The quantitative estimate of drug-likeness (QED) is 0.127. The first-order valence-corrected chi connectivity index (χ1v) is 13.6. The van der Waals surface area contributed by atoms with Crippen molar-refractivity contribution >= 4 is 57.7 Å². The fourth-order valence-electron chi connectivity index (χ4n) is 3.72. The third-order valence-electron chi connectivity index (χ3n) is 5.62. The van der Waals surface area contributed by atoms with Gasteiger partial charge in [0.05, 0.1) is 12.0 Å². The molecular formula is C22H27N9O7S2. The van der Waals surface area contributed by atoms with Crippen molar-refractivity contribution in [2.24, 2.45) is 10.6 Å². The maximum atomic E-state index is 13.3. The van der Waals surface area contributed by atoms with E-state index in [2.05, 4.69) is 30.9 Å². The number of carbonyl (C=O) groups is 4. The van der Waals surface area contributed by atoms with Crippen LogP contribution in [0.3, 0.4) is 0 Å². The van der Waals surface area contributed by atoms with E-state index >= 15 is 0 Å². The zero-order chi connectivity index (χ0) is 29.2. The number of nitrogens with two attached hydrogens (primary N) is 1. The predicted molar refractivity (Wildman–Crippen MR) is 141 cm³/mol. The second kappa shape index (κ2) is 11.6. The second-order valence-electron chi connectivity index (χ2n) is 9.64. The van der Waals surface area contributed by atoms with Gasteiger partial charge in [-0.15, -0.1) is 33.3 Å². The number of oxime groups is 1. The Bertz CT molecular complexity index is 1380. The summed E-state index contributed by atoms with van der Waals surface area (Å²) < 4.78 is 10.3. The number of tetrazole rings is 1. The molecule has 1 fully saturated rings. The zero-order valence-electron chi connectivity index (χ0n) is 22.2. The lowest BCUT2D eigenvalue weighted by molar-refractivity contribution is -0.179. The Balaban J connectivity index is 1.52. The number of rotatable bonds is 9. The molecule has 4 rings (SSSR count). The van der Waals surface area contributed by atoms with Gasteiger partial charge in [0.1, 0.15) is 24.2 Å². The first-order chi connectivity index (χ1) is 18.9. The maximum Gasteiger partial charge on any atom is 0.336 e. The highest BCUT2D eigenvalue weighted by atomic mass is 32.2. The Labute approximate surface area is 236 Å². The summed E-state index contributed by atoms with van der Waals surface area (Å²) >= 11 is 2.33. The molecular weight excluding hydrogens is 566 g/mol. The van der Waals surface area contributed by atoms with Crippen LogP contribution in [0, 0.1) is 12.3 Å². The molecule has 2 aliphatic rings. The Morgan fingerprint density at radius 1 is 1.25 bits per heavy atom. The molecule has 0 saturated carbocycles. The molecule has 0 aliphatic carbocycles. The van der Waals surface area contributed by atoms with Gasteiger partial charge in [-0.3, -0.25) is 14.4 Å². The monoisotopic (exact) mass is 593 g/mol. The van der Waals surface area contributed by atoms with Gasteiger partial charge in [0.25, 0.3) is 5.91 Å². The summed E-state index contributed by atoms with van der Waals surface area (Å²) in [6, 6.07) is -2.17. The molecule has 2 amide bonds. The third-order valence-corrected chi connectivity index (χ3v) is 7.51. The average Bonchev–Trinajstić information content (AvgIpc) is 3.51. The normalized spacial score (nSPS) is 20.7. The lowest BCUT2D eigenvalue weighted by Gasteiger charge is -2.51. The fourth-order valence-corrected chi connectivity index (χ4v) is 5.48. The van der Waals surface area contributed by atoms with E-state index in [1.54, 1.807) is 33.1 Å². The number of hydrogen-bond donors (Lipinski definition) is 2. The van der Waals surface area contributed by atoms with E-state index in [1.165, 1.54) is 33.9 Å². The van der Waals surface area contributed by atoms with E-state index < -0.39 is 53.4 Å². The van der Waals surface area contributed by atoms with Gasteiger partial charge in [0.15, 0.2) is 22.7 Å². The SMILES string of the molecule is CO/N=C(/C(=O)N[C@@H]1C(=O)N2C(C(=O)OCOC(=O)C(C)(C)C)C(Cn3nnc(C)n3)=CS[C@H]12)c1csc(N)n1. The molecule has 40 heavy (non-hydrogen) atoms. The van der Waals surface area contributed by atoms with Gasteiger partial charge in [-0.1, -0.05) is 5.16 Å². The molecule has 3 N–H and O–H groups in total. The number of nitrogens with zero attached hydrogens (tertiary/aromatic N) is 7. The van der Waals surface area contributed by atoms with Gasteiger partial charge in [-0.25, -0.2) is 9.78 Å². The summed E-state index contributed by atoms with van der Waals surface area (Å²) in [6.07, 6.45) is 0. The number of amides is 2. The summed E-state index contributed by atoms with van der Waals surface area (Å²) in [7, 11) is 1.27. The molecule has 214 valence electrons. The summed E-state index contributed by atoms with van der Waals surface area (Å²) in [5, 5.41) is 21.0. The van der Waals surface area contributed by atoms with Crippen molar-refractivity contribution in [2.75, 3.05) is 19.6 Å². The Hall–Kier alpha value is -4.06. The van der Waals surface area contributed by atoms with Crippen LogP contribution < -0.4 is 11.1 Å². The lowest BCUT2D eigenvalue weighted by Crippen LogP contribution is -2.74. The highest BCUT2D eigenvalue weighted by Gasteiger charge is 2.56. The van der Waals surface area contributed by atoms with E-state index in [4.69, 9.17) is 20.0 Å². The highest BCUT2D eigenvalue weighted by molar-refractivity contribution is 8.02. The van der Waals surface area contributed by atoms with Gasteiger partial charge in [0.2, 0.25) is 12.7 Å². The van der Waals surface area contributed by atoms with Crippen molar-refractivity contribution < 1.29 is 33.5 Å². The van der Waals surface area contributed by atoms with Crippen LogP contribution in [0.5, 0.6) is 0 Å². The standard InChI is InChI=1S/C22H27N9O7S2/c1-10-26-29-30(27-10)6-11-7-39-18-14(25-16(32)13(28-36-5)12-8-40-21(23)24-12)17(33)31(18)15(11)19(34)37-9-38-20(35)22(2,3)4/h7-8,14-15,18H,6,9H2,1-5H3,(H2,23,24)(H,25,32)/b28-13+/t14-,15?,18-/m1/s1. The van der Waals surface area contributed by atoms with Gasteiger partial charge in [0, 0.05) is 5.38 Å². The van der Waals surface area contributed by atoms with Gasteiger partial charge >= 0.3 is 11.9 Å². The Morgan fingerprint density at radius 3 is 2.60 bits per heavy atom. The number of carbonyl (C=O) groups excluding carboxylic acids is 4. The second-order valence-corrected chi connectivity index (χ2v) is 11.5. The van der Waals surface area contributed by atoms with Gasteiger partial charge in [-0.05, 0) is 43.9 Å². The number of hydrogen-bond acceptors (Lipinski definition) is 15. The minimum atomic E-state index is -1.18. The topological polar surface area (TPSA) is 206 Å². The molecule has 18 heteroatoms. The van der Waals surface area contributed by atoms with Crippen LogP contribution in [0.15, 0.2) is 21.5 Å². The number of thioether (sulfide) groups is 1. The summed E-state index contributed by atoms with van der Waals surface area (Å²) in [5.41, 5.74) is 5.34. The minimum Gasteiger partial charge on any atom is -0.427 e. The van der Waals surface area contributed by atoms with E-state index in [0.29, 0.717) is 11.4 Å². The number of nitrogens with one attached hydrogen (secondary N) is 1. The number of anilines is 1. The smallest absolute Gasteiger partial charge is 0.336 e. The molecule has 1 unspecified atom stereocenters. The van der Waals surface area contributed by atoms with Crippen LogP contribution >= 0.6 is 23.1 Å². The molecule has 0 aromatic carbocycles. The number of thiazole rings is 1. The number of nitrogen functional groups attached to an aromatic ring is 1. The number of ether oxygens (including phenoxy) is 2. The number of aromatic nitrogens is 5. The summed E-state index contributed by atoms with van der Waals surface area (Å²) in [6.45, 7) is 6.05. The van der Waals surface area contributed by atoms with Crippen molar-refractivity contribution in [3.05, 3.63) is 27.9 Å². The molecule has 1 saturated heterocycles. The van der Waals surface area contributed by atoms with E-state index in [-0.39, 0.29) is 23.1 Å². The van der Waals surface area contributed by atoms with Gasteiger partial charge in [-0.2, -0.15) is 4.80 Å². The molecule has 0 bridgehead atoms.